The van der Waals surface area contributed by atoms with Crippen molar-refractivity contribution in [3.05, 3.63) is 12.3 Å². The quantitative estimate of drug-likeness (QED) is 0.690. The van der Waals surface area contributed by atoms with Crippen LogP contribution in [0.25, 0.3) is 0 Å². The van der Waals surface area contributed by atoms with Crippen molar-refractivity contribution in [3.8, 4) is 5.88 Å². The second-order valence-corrected chi connectivity index (χ2v) is 4.56. The molecule has 0 radical (unpaired) electrons. The van der Waals surface area contributed by atoms with Crippen molar-refractivity contribution in [2.75, 3.05) is 25.0 Å². The molecule has 0 unspecified atom stereocenters. The minimum absolute atomic E-state index is 0.155. The lowest BCUT2D eigenvalue weighted by molar-refractivity contribution is -0.122. The summed E-state index contributed by atoms with van der Waals surface area (Å²) in [5.74, 6) is 1.50. The molecule has 1 aromatic rings. The third-order valence-electron chi connectivity index (χ3n) is 2.74. The van der Waals surface area contributed by atoms with Crippen LogP contribution in [-0.4, -0.2) is 35.6 Å². The number of anilines is 1. The first-order valence-electron chi connectivity index (χ1n) is 6.77. The molecule has 1 heterocycles. The second-order valence-electron chi connectivity index (χ2n) is 4.56. The van der Waals surface area contributed by atoms with Crippen molar-refractivity contribution >= 4 is 11.9 Å². The minimum atomic E-state index is 0.155. The number of ether oxygens (including phenoxy) is 1. The number of nitrogens with zero attached hydrogens (tertiary/aromatic N) is 2. The van der Waals surface area contributed by atoms with Gasteiger partial charge in [0.25, 0.3) is 0 Å². The molecule has 0 atom stereocenters. The van der Waals surface area contributed by atoms with Crippen LogP contribution in [-0.2, 0) is 4.79 Å². The average Bonchev–Trinajstić information content (AvgIpc) is 3.26. The highest BCUT2D eigenvalue weighted by Crippen LogP contribution is 2.28. The fraction of sp³-hybridized carbons (Fsp3) is 0.615. The Morgan fingerprint density at radius 3 is 3.05 bits per heavy atom. The van der Waals surface area contributed by atoms with Gasteiger partial charge in [-0.05, 0) is 19.3 Å². The van der Waals surface area contributed by atoms with Gasteiger partial charge in [0.15, 0.2) is 0 Å². The van der Waals surface area contributed by atoms with Gasteiger partial charge in [-0.15, -0.1) is 0 Å². The molecule has 0 spiro atoms. The van der Waals surface area contributed by atoms with E-state index < -0.39 is 0 Å². The lowest BCUT2D eigenvalue weighted by Gasteiger charge is -2.08. The van der Waals surface area contributed by atoms with Gasteiger partial charge in [-0.3, -0.25) is 4.79 Å². The number of hydrogen-bond acceptors (Lipinski definition) is 5. The number of amides is 1. The first-order chi connectivity index (χ1) is 9.29. The minimum Gasteiger partial charge on any atom is -0.478 e. The van der Waals surface area contributed by atoms with Gasteiger partial charge < -0.3 is 15.4 Å². The van der Waals surface area contributed by atoms with Crippen LogP contribution < -0.4 is 15.4 Å². The summed E-state index contributed by atoms with van der Waals surface area (Å²) in [7, 11) is 0. The van der Waals surface area contributed by atoms with E-state index in [1.165, 1.54) is 0 Å². The molecular weight excluding hydrogens is 244 g/mol. The number of carbonyl (C=O) groups is 1. The summed E-state index contributed by atoms with van der Waals surface area (Å²) in [5.41, 5.74) is 0. The van der Waals surface area contributed by atoms with E-state index >= 15 is 0 Å². The highest BCUT2D eigenvalue weighted by molar-refractivity contribution is 5.80. The lowest BCUT2D eigenvalue weighted by atomic mass is 10.4. The average molecular weight is 264 g/mol. The van der Waals surface area contributed by atoms with Gasteiger partial charge in [0, 0.05) is 31.3 Å². The normalized spacial score (nSPS) is 13.9. The van der Waals surface area contributed by atoms with Crippen LogP contribution >= 0.6 is 0 Å². The number of rotatable bonds is 8. The van der Waals surface area contributed by atoms with E-state index in [2.05, 4.69) is 20.6 Å². The molecule has 1 aromatic heterocycles. The Bertz CT molecular complexity index is 421. The summed E-state index contributed by atoms with van der Waals surface area (Å²) in [5, 5.41) is 5.93. The number of nitrogens with one attached hydrogen (secondary N) is 2. The van der Waals surface area contributed by atoms with Crippen LogP contribution in [0.5, 0.6) is 5.88 Å². The van der Waals surface area contributed by atoms with E-state index in [1.807, 2.05) is 6.92 Å². The Morgan fingerprint density at radius 2 is 2.32 bits per heavy atom. The van der Waals surface area contributed by atoms with Crippen LogP contribution in [0.15, 0.2) is 12.3 Å². The zero-order chi connectivity index (χ0) is 13.5. The number of carbonyl (C=O) groups excluding carboxylic acids is 1. The molecule has 104 valence electrons. The van der Waals surface area contributed by atoms with Gasteiger partial charge in [-0.2, -0.15) is 4.98 Å². The molecule has 1 aliphatic rings. The summed E-state index contributed by atoms with van der Waals surface area (Å²) in [6, 6.07) is 1.73. The third-order valence-corrected chi connectivity index (χ3v) is 2.74. The van der Waals surface area contributed by atoms with Gasteiger partial charge in [0.05, 0.1) is 6.61 Å². The van der Waals surface area contributed by atoms with Crippen molar-refractivity contribution in [3.63, 3.8) is 0 Å². The topological polar surface area (TPSA) is 76.1 Å². The first kappa shape index (κ1) is 13.6. The highest BCUT2D eigenvalue weighted by Gasteiger charge is 2.28. The number of aromatic nitrogens is 2. The zero-order valence-electron chi connectivity index (χ0n) is 11.2. The van der Waals surface area contributed by atoms with Gasteiger partial charge in [-0.25, -0.2) is 4.98 Å². The Labute approximate surface area is 113 Å². The Hall–Kier alpha value is -1.85. The summed E-state index contributed by atoms with van der Waals surface area (Å²) in [6.45, 7) is 3.88. The van der Waals surface area contributed by atoms with Crippen LogP contribution in [0.2, 0.25) is 0 Å². The van der Waals surface area contributed by atoms with E-state index in [0.717, 1.165) is 19.3 Å². The molecule has 19 heavy (non-hydrogen) atoms. The van der Waals surface area contributed by atoms with Crippen LogP contribution in [0.1, 0.15) is 26.2 Å². The monoisotopic (exact) mass is 264 g/mol. The van der Waals surface area contributed by atoms with E-state index in [4.69, 9.17) is 4.74 Å². The highest BCUT2D eigenvalue weighted by atomic mass is 16.5. The van der Waals surface area contributed by atoms with E-state index in [0.29, 0.717) is 31.5 Å². The summed E-state index contributed by atoms with van der Waals surface area (Å²) >= 11 is 0. The zero-order valence-corrected chi connectivity index (χ0v) is 11.2. The predicted molar refractivity (Wildman–Crippen MR) is 72.0 cm³/mol. The molecule has 6 nitrogen and oxygen atoms in total. The molecule has 1 saturated carbocycles. The maximum Gasteiger partial charge on any atom is 0.226 e. The third kappa shape index (κ3) is 4.73. The second kappa shape index (κ2) is 6.92. The summed E-state index contributed by atoms with van der Waals surface area (Å²) in [4.78, 5) is 19.7. The molecule has 2 N–H and O–H groups in total. The standard InChI is InChI=1S/C13H20N4O2/c1-2-9-19-11-5-6-15-13(17-11)16-8-7-14-12(18)10-3-4-10/h5-6,10H,2-4,7-9H2,1H3,(H,14,18)(H,15,16,17). The van der Waals surface area contributed by atoms with E-state index in [1.54, 1.807) is 12.3 Å². The molecule has 1 aliphatic carbocycles. The van der Waals surface area contributed by atoms with Crippen molar-refractivity contribution < 1.29 is 9.53 Å². The maximum atomic E-state index is 11.4. The summed E-state index contributed by atoms with van der Waals surface area (Å²) < 4.78 is 5.42. The summed E-state index contributed by atoms with van der Waals surface area (Å²) in [6.07, 6.45) is 4.65. The van der Waals surface area contributed by atoms with Gasteiger partial charge >= 0.3 is 0 Å². The predicted octanol–water partition coefficient (Wildman–Crippen LogP) is 1.20. The molecule has 1 amide bonds. The van der Waals surface area contributed by atoms with Gasteiger partial charge in [0.1, 0.15) is 0 Å². The van der Waals surface area contributed by atoms with Gasteiger partial charge in [-0.1, -0.05) is 6.92 Å². The van der Waals surface area contributed by atoms with E-state index in [9.17, 15) is 4.79 Å². The van der Waals surface area contributed by atoms with Crippen molar-refractivity contribution in [1.82, 2.24) is 15.3 Å². The molecule has 0 aromatic carbocycles. The lowest BCUT2D eigenvalue weighted by Crippen LogP contribution is -2.30. The van der Waals surface area contributed by atoms with Crippen molar-refractivity contribution in [2.45, 2.75) is 26.2 Å². The SMILES string of the molecule is CCCOc1ccnc(NCCNC(=O)C2CC2)n1. The Morgan fingerprint density at radius 1 is 1.47 bits per heavy atom. The fourth-order valence-electron chi connectivity index (χ4n) is 1.56. The largest absolute Gasteiger partial charge is 0.478 e. The smallest absolute Gasteiger partial charge is 0.226 e. The Balaban J connectivity index is 1.68. The molecule has 0 saturated heterocycles. The van der Waals surface area contributed by atoms with Gasteiger partial charge in [0.2, 0.25) is 17.7 Å². The Kier molecular flexibility index (Phi) is 4.94. The maximum absolute atomic E-state index is 11.4. The molecule has 0 aliphatic heterocycles. The van der Waals surface area contributed by atoms with Crippen molar-refractivity contribution in [1.29, 1.82) is 0 Å². The molecule has 6 heteroatoms. The molecular formula is C13H20N4O2. The van der Waals surface area contributed by atoms with Crippen LogP contribution in [0, 0.1) is 5.92 Å². The fourth-order valence-corrected chi connectivity index (χ4v) is 1.56. The number of hydrogen-bond donors (Lipinski definition) is 2. The molecule has 2 rings (SSSR count). The molecule has 1 fully saturated rings. The van der Waals surface area contributed by atoms with E-state index in [-0.39, 0.29) is 11.8 Å². The molecule has 0 bridgehead atoms. The van der Waals surface area contributed by atoms with Crippen molar-refractivity contribution in [2.24, 2.45) is 5.92 Å². The first-order valence-corrected chi connectivity index (χ1v) is 6.77. The van der Waals surface area contributed by atoms with Crippen LogP contribution in [0.4, 0.5) is 5.95 Å². The van der Waals surface area contributed by atoms with Crippen LogP contribution in [0.3, 0.4) is 0 Å².